The fourth-order valence-corrected chi connectivity index (χ4v) is 2.42. The van der Waals surface area contributed by atoms with E-state index in [0.29, 0.717) is 0 Å². The summed E-state index contributed by atoms with van der Waals surface area (Å²) in [6, 6.07) is 0. The molecule has 0 saturated heterocycles. The zero-order valence-electron chi connectivity index (χ0n) is 13.0. The largest absolute Gasteiger partial charge is 0.410 e. The van der Waals surface area contributed by atoms with Crippen LogP contribution in [-0.4, -0.2) is 25.2 Å². The van der Waals surface area contributed by atoms with E-state index < -0.39 is 0 Å². The average molecular weight is 266 g/mol. The maximum absolute atomic E-state index is 12.0. The van der Waals surface area contributed by atoms with E-state index in [9.17, 15) is 9.59 Å². The van der Waals surface area contributed by atoms with Crippen molar-refractivity contribution in [1.29, 1.82) is 0 Å². The number of hydrogen-bond donors (Lipinski definition) is 0. The van der Waals surface area contributed by atoms with Crippen LogP contribution < -0.4 is 0 Å². The van der Waals surface area contributed by atoms with Crippen LogP contribution in [0.5, 0.6) is 0 Å². The first-order valence-corrected chi connectivity index (χ1v) is 7.86. The molecule has 3 nitrogen and oxygen atoms in total. The molecule has 0 aromatic rings. The first kappa shape index (κ1) is 18.3. The molecule has 5 heteroatoms. The summed E-state index contributed by atoms with van der Waals surface area (Å²) in [5.74, 6) is -0.628. The topological polar surface area (TPSA) is 43.4 Å². The normalized spacial score (nSPS) is 10.1. The van der Waals surface area contributed by atoms with Crippen molar-refractivity contribution in [3.63, 3.8) is 0 Å². The lowest BCUT2D eigenvalue weighted by Gasteiger charge is -2.14. The van der Waals surface area contributed by atoms with Gasteiger partial charge in [-0.25, -0.2) is 0 Å². The molecule has 0 bridgehead atoms. The van der Waals surface area contributed by atoms with Crippen LogP contribution in [0.2, 0.25) is 25.3 Å². The van der Waals surface area contributed by atoms with Gasteiger partial charge in [0, 0.05) is 0 Å². The molecule has 0 aliphatic rings. The predicted octanol–water partition coefficient (Wildman–Crippen LogP) is 5.04. The predicted molar refractivity (Wildman–Crippen MR) is 83.8 cm³/mol. The number of carbonyl (C=O) groups excluding carboxylic acids is 2. The monoisotopic (exact) mass is 266 g/mol. The molecule has 0 aromatic heterocycles. The molecule has 0 aliphatic heterocycles. The van der Waals surface area contributed by atoms with Gasteiger partial charge in [0.25, 0.3) is 25.2 Å². The van der Waals surface area contributed by atoms with Crippen molar-refractivity contribution < 1.29 is 14.3 Å². The molecule has 0 fully saturated rings. The molecule has 108 valence electrons. The van der Waals surface area contributed by atoms with E-state index in [1.54, 1.807) is 0 Å². The van der Waals surface area contributed by atoms with E-state index >= 15 is 0 Å². The van der Waals surface area contributed by atoms with Crippen LogP contribution in [-0.2, 0) is 4.74 Å². The molecule has 0 N–H and O–H groups in total. The maximum atomic E-state index is 12.0. The Bertz CT molecular complexity index is 231. The minimum atomic E-state index is -0.314. The van der Waals surface area contributed by atoms with E-state index in [1.165, 1.54) is 0 Å². The molecule has 0 amide bonds. The van der Waals surface area contributed by atoms with Crippen LogP contribution in [0.4, 0.5) is 9.59 Å². The van der Waals surface area contributed by atoms with Gasteiger partial charge in [-0.05, 0) is 0 Å². The number of carbonyl (C=O) groups is 2. The van der Waals surface area contributed by atoms with Gasteiger partial charge in [0.05, 0.1) is 0 Å². The molecular formula is C14H28B2O3. The first-order chi connectivity index (χ1) is 9.10. The molecule has 0 spiro atoms. The Morgan fingerprint density at radius 1 is 0.684 bits per heavy atom. The number of hydrogen-bond acceptors (Lipinski definition) is 3. The highest BCUT2D eigenvalue weighted by Gasteiger charge is 2.30. The minimum Gasteiger partial charge on any atom is -0.410 e. The molecule has 0 rings (SSSR count). The molecular weight excluding hydrogens is 238 g/mol. The van der Waals surface area contributed by atoms with Crippen LogP contribution in [0.15, 0.2) is 0 Å². The van der Waals surface area contributed by atoms with Crippen molar-refractivity contribution in [2.24, 2.45) is 0 Å². The zero-order valence-corrected chi connectivity index (χ0v) is 13.0. The summed E-state index contributed by atoms with van der Waals surface area (Å²) in [6.45, 7) is 7.98. The quantitative estimate of drug-likeness (QED) is 0.411. The van der Waals surface area contributed by atoms with E-state index in [1.807, 2.05) is 0 Å². The van der Waals surface area contributed by atoms with Gasteiger partial charge in [-0.1, -0.05) is 78.7 Å². The first-order valence-electron chi connectivity index (χ1n) is 7.86. The fraction of sp³-hybridized carbons (Fsp3) is 0.857. The van der Waals surface area contributed by atoms with E-state index in [0.717, 1.165) is 51.0 Å². The molecule has 19 heavy (non-hydrogen) atoms. The number of rotatable bonds is 10. The van der Waals surface area contributed by atoms with Crippen LogP contribution in [0.25, 0.3) is 0 Å². The van der Waals surface area contributed by atoms with Gasteiger partial charge in [0.15, 0.2) is 0 Å². The van der Waals surface area contributed by atoms with E-state index in [2.05, 4.69) is 27.7 Å². The van der Waals surface area contributed by atoms with Crippen molar-refractivity contribution in [3.8, 4) is 0 Å². The summed E-state index contributed by atoms with van der Waals surface area (Å²) < 4.78 is 5.11. The van der Waals surface area contributed by atoms with Gasteiger partial charge in [0.1, 0.15) is 0 Å². The van der Waals surface area contributed by atoms with E-state index in [4.69, 9.17) is 4.74 Å². The van der Waals surface area contributed by atoms with Crippen LogP contribution in [0.1, 0.15) is 53.4 Å². The van der Waals surface area contributed by atoms with E-state index in [-0.39, 0.29) is 25.2 Å². The molecule has 0 saturated carbocycles. The fourth-order valence-electron chi connectivity index (χ4n) is 2.42. The molecule has 0 atom stereocenters. The van der Waals surface area contributed by atoms with Gasteiger partial charge < -0.3 is 4.74 Å². The van der Waals surface area contributed by atoms with Crippen molar-refractivity contribution in [2.45, 2.75) is 78.7 Å². The Balaban J connectivity index is 4.43. The van der Waals surface area contributed by atoms with Crippen LogP contribution >= 0.6 is 0 Å². The Labute approximate surface area is 119 Å². The summed E-state index contributed by atoms with van der Waals surface area (Å²) in [6.07, 6.45) is 7.03. The van der Waals surface area contributed by atoms with Gasteiger partial charge in [-0.15, -0.1) is 0 Å². The summed E-state index contributed by atoms with van der Waals surface area (Å²) in [5, 5.41) is 0. The summed E-state index contributed by atoms with van der Waals surface area (Å²) in [5.41, 5.74) is 0. The SMILES string of the molecule is CCCB(CCC)C(=O)OC(=O)B(CCC)CCC. The highest BCUT2D eigenvalue weighted by atomic mass is 16.6. The van der Waals surface area contributed by atoms with Gasteiger partial charge in [-0.2, -0.15) is 0 Å². The third-order valence-electron chi connectivity index (χ3n) is 3.42. The Morgan fingerprint density at radius 2 is 0.947 bits per heavy atom. The van der Waals surface area contributed by atoms with Gasteiger partial charge in [-0.3, -0.25) is 9.59 Å². The molecule has 0 aliphatic carbocycles. The Hall–Kier alpha value is -0.730. The second-order valence-electron chi connectivity index (χ2n) is 5.29. The second kappa shape index (κ2) is 11.1. The lowest BCUT2D eigenvalue weighted by atomic mass is 9.42. The number of ether oxygens (including phenoxy) is 1. The highest BCUT2D eigenvalue weighted by molar-refractivity contribution is 6.93. The average Bonchev–Trinajstić information content (AvgIpc) is 2.38. The molecule has 0 aromatic carbocycles. The van der Waals surface area contributed by atoms with Crippen LogP contribution in [0.3, 0.4) is 0 Å². The Morgan fingerprint density at radius 3 is 1.16 bits per heavy atom. The van der Waals surface area contributed by atoms with Crippen molar-refractivity contribution in [2.75, 3.05) is 0 Å². The smallest absolute Gasteiger partial charge is 0.278 e. The summed E-state index contributed by atoms with van der Waals surface area (Å²) in [7, 11) is 0. The molecule has 0 unspecified atom stereocenters. The standard InChI is InChI=1S/C14H28B2O3/c1-5-9-15(10-6-2)13(17)19-14(18)16(11-7-3)12-8-4/h5-12H2,1-4H3. The summed E-state index contributed by atoms with van der Waals surface area (Å²) in [4.78, 5) is 24.0. The third kappa shape index (κ3) is 7.44. The second-order valence-corrected chi connectivity index (χ2v) is 5.29. The maximum Gasteiger partial charge on any atom is 0.278 e. The van der Waals surface area contributed by atoms with Crippen molar-refractivity contribution >= 4 is 25.2 Å². The van der Waals surface area contributed by atoms with Crippen LogP contribution in [0, 0.1) is 0 Å². The Kier molecular flexibility index (Phi) is 10.7. The highest BCUT2D eigenvalue weighted by Crippen LogP contribution is 2.13. The lowest BCUT2D eigenvalue weighted by molar-refractivity contribution is 0.182. The van der Waals surface area contributed by atoms with Crippen molar-refractivity contribution in [3.05, 3.63) is 0 Å². The molecule has 0 heterocycles. The summed E-state index contributed by atoms with van der Waals surface area (Å²) >= 11 is 0. The molecule has 0 radical (unpaired) electrons. The van der Waals surface area contributed by atoms with Crippen molar-refractivity contribution in [1.82, 2.24) is 0 Å². The van der Waals surface area contributed by atoms with Gasteiger partial charge >= 0.3 is 0 Å². The third-order valence-corrected chi connectivity index (χ3v) is 3.42. The minimum absolute atomic E-state index is 0.108. The van der Waals surface area contributed by atoms with Gasteiger partial charge in [0.2, 0.25) is 0 Å². The zero-order chi connectivity index (χ0) is 14.7. The lowest BCUT2D eigenvalue weighted by Crippen LogP contribution is -2.34.